The number of nitrogens with one attached hydrogen (secondary N) is 1. The zero-order chi connectivity index (χ0) is 25.2. The molecule has 0 unspecified atom stereocenters. The lowest BCUT2D eigenvalue weighted by atomic mass is 10.2. The number of hydrogen-bond donors (Lipinski definition) is 2. The third-order valence-electron chi connectivity index (χ3n) is 5.49. The molecule has 1 amide bonds. The number of hydrogen-bond acceptors (Lipinski definition) is 7. The molecule has 1 aromatic carbocycles. The SMILES string of the molecule is C[C@H](NC(=O)c1nccnc1N)c1cc2ncc(C#Cc3cnn(C)c3)n2c(=O)n1-c1ccccc1. The van der Waals surface area contributed by atoms with E-state index < -0.39 is 11.9 Å². The van der Waals surface area contributed by atoms with Crippen LogP contribution in [0.5, 0.6) is 0 Å². The summed E-state index contributed by atoms with van der Waals surface area (Å²) >= 11 is 0. The Balaban J connectivity index is 1.62. The van der Waals surface area contributed by atoms with E-state index in [1.54, 1.807) is 43.3 Å². The van der Waals surface area contributed by atoms with Crippen LogP contribution >= 0.6 is 0 Å². The number of carbonyl (C=O) groups is 1. The molecule has 0 spiro atoms. The highest BCUT2D eigenvalue weighted by atomic mass is 16.2. The molecule has 11 heteroatoms. The van der Waals surface area contributed by atoms with Crippen LogP contribution in [0.2, 0.25) is 0 Å². The molecule has 5 rings (SSSR count). The van der Waals surface area contributed by atoms with Crippen LogP contribution in [-0.4, -0.2) is 39.6 Å². The van der Waals surface area contributed by atoms with Crippen molar-refractivity contribution in [2.75, 3.05) is 5.73 Å². The first-order valence-corrected chi connectivity index (χ1v) is 11.0. The van der Waals surface area contributed by atoms with Crippen LogP contribution in [-0.2, 0) is 7.05 Å². The summed E-state index contributed by atoms with van der Waals surface area (Å²) in [6.07, 6.45) is 7.77. The summed E-state index contributed by atoms with van der Waals surface area (Å²) in [6.45, 7) is 1.77. The number of nitrogen functional groups attached to an aromatic ring is 1. The van der Waals surface area contributed by atoms with Gasteiger partial charge < -0.3 is 11.1 Å². The van der Waals surface area contributed by atoms with Crippen LogP contribution < -0.4 is 16.7 Å². The lowest BCUT2D eigenvalue weighted by Crippen LogP contribution is -2.35. The molecule has 0 aliphatic rings. The zero-order valence-electron chi connectivity index (χ0n) is 19.5. The standard InChI is InChI=1S/C25H21N9O2/c1-16(31-24(35)22-23(26)28-11-10-27-22)20-12-21-29-14-19(9-8-17-13-30-32(2)15-17)34(21)25(36)33(20)18-6-4-3-5-7-18/h3-7,10-16H,1-2H3,(H2,26,28)(H,31,35)/t16-/m0/s1. The lowest BCUT2D eigenvalue weighted by molar-refractivity contribution is 0.0934. The van der Waals surface area contributed by atoms with Gasteiger partial charge in [0.25, 0.3) is 5.91 Å². The van der Waals surface area contributed by atoms with Gasteiger partial charge in [0.15, 0.2) is 11.5 Å². The number of anilines is 1. The quantitative estimate of drug-likeness (QED) is 0.372. The fourth-order valence-electron chi connectivity index (χ4n) is 3.80. The molecule has 4 aromatic heterocycles. The van der Waals surface area contributed by atoms with E-state index in [1.165, 1.54) is 21.4 Å². The highest BCUT2D eigenvalue weighted by Gasteiger charge is 2.21. The largest absolute Gasteiger partial charge is 0.382 e. The van der Waals surface area contributed by atoms with Gasteiger partial charge in [0, 0.05) is 31.7 Å². The van der Waals surface area contributed by atoms with Crippen LogP contribution in [0.3, 0.4) is 0 Å². The summed E-state index contributed by atoms with van der Waals surface area (Å²) in [5.41, 5.74) is 8.13. The molecule has 5 aromatic rings. The second-order valence-corrected chi connectivity index (χ2v) is 8.00. The van der Waals surface area contributed by atoms with Crippen molar-refractivity contribution in [2.45, 2.75) is 13.0 Å². The third-order valence-corrected chi connectivity index (χ3v) is 5.49. The van der Waals surface area contributed by atoms with E-state index in [1.807, 2.05) is 30.3 Å². The molecule has 36 heavy (non-hydrogen) atoms. The van der Waals surface area contributed by atoms with Crippen LogP contribution in [0.4, 0.5) is 5.82 Å². The minimum atomic E-state index is -0.599. The van der Waals surface area contributed by atoms with Crippen molar-refractivity contribution in [3.05, 3.63) is 101 Å². The molecule has 0 bridgehead atoms. The van der Waals surface area contributed by atoms with Gasteiger partial charge in [-0.2, -0.15) is 5.10 Å². The minimum absolute atomic E-state index is 0.00723. The minimum Gasteiger partial charge on any atom is -0.382 e. The Morgan fingerprint density at radius 1 is 1.08 bits per heavy atom. The molecule has 1 atom stereocenters. The van der Waals surface area contributed by atoms with Crippen LogP contribution in [0.15, 0.2) is 72.2 Å². The van der Waals surface area contributed by atoms with Gasteiger partial charge in [0.1, 0.15) is 11.3 Å². The molecule has 0 fully saturated rings. The Morgan fingerprint density at radius 2 is 1.86 bits per heavy atom. The van der Waals surface area contributed by atoms with Crippen molar-refractivity contribution < 1.29 is 4.79 Å². The van der Waals surface area contributed by atoms with Crippen molar-refractivity contribution in [1.82, 2.24) is 39.0 Å². The smallest absolute Gasteiger partial charge is 0.339 e. The first kappa shape index (κ1) is 22.5. The summed E-state index contributed by atoms with van der Waals surface area (Å²) in [4.78, 5) is 39.0. The molecule has 0 saturated heterocycles. The maximum Gasteiger partial charge on any atom is 0.339 e. The molecule has 0 saturated carbocycles. The second-order valence-electron chi connectivity index (χ2n) is 8.00. The van der Waals surface area contributed by atoms with Crippen LogP contribution in [0.25, 0.3) is 11.3 Å². The second kappa shape index (κ2) is 9.19. The maximum atomic E-state index is 13.8. The maximum absolute atomic E-state index is 13.8. The van der Waals surface area contributed by atoms with Crippen LogP contribution in [0.1, 0.15) is 40.4 Å². The molecule has 3 N–H and O–H groups in total. The molecule has 0 radical (unpaired) electrons. The van der Waals surface area contributed by atoms with Gasteiger partial charge in [-0.1, -0.05) is 24.1 Å². The number of rotatable bonds is 4. The molecular formula is C25H21N9O2. The first-order chi connectivity index (χ1) is 17.4. The average Bonchev–Trinajstić information content (AvgIpc) is 3.49. The summed E-state index contributed by atoms with van der Waals surface area (Å²) in [5.74, 6) is 5.53. The Hall–Kier alpha value is -5.24. The molecule has 0 aliphatic heterocycles. The van der Waals surface area contributed by atoms with E-state index in [9.17, 15) is 9.59 Å². The Labute approximate surface area is 205 Å². The van der Waals surface area contributed by atoms with E-state index in [0.29, 0.717) is 28.3 Å². The average molecular weight is 480 g/mol. The summed E-state index contributed by atoms with van der Waals surface area (Å²) in [7, 11) is 1.80. The number of amides is 1. The molecule has 178 valence electrons. The molecule has 0 aliphatic carbocycles. The van der Waals surface area contributed by atoms with Gasteiger partial charge in [-0.05, 0) is 25.0 Å². The summed E-state index contributed by atoms with van der Waals surface area (Å²) < 4.78 is 4.61. The van der Waals surface area contributed by atoms with Crippen molar-refractivity contribution in [2.24, 2.45) is 7.05 Å². The monoisotopic (exact) mass is 479 g/mol. The number of carbonyl (C=O) groups excluding carboxylic acids is 1. The number of para-hydroxylation sites is 1. The number of benzene rings is 1. The van der Waals surface area contributed by atoms with Crippen molar-refractivity contribution >= 4 is 17.4 Å². The Morgan fingerprint density at radius 3 is 2.58 bits per heavy atom. The Kier molecular flexibility index (Phi) is 5.75. The van der Waals surface area contributed by atoms with E-state index in [-0.39, 0.29) is 17.2 Å². The fraction of sp³-hybridized carbons (Fsp3) is 0.120. The number of nitrogens with zero attached hydrogens (tertiary/aromatic N) is 7. The topological polar surface area (TPSA) is 138 Å². The van der Waals surface area contributed by atoms with Gasteiger partial charge in [-0.15, -0.1) is 0 Å². The van der Waals surface area contributed by atoms with E-state index in [0.717, 1.165) is 0 Å². The normalized spacial score (nSPS) is 11.6. The van der Waals surface area contributed by atoms with E-state index >= 15 is 0 Å². The van der Waals surface area contributed by atoms with Gasteiger partial charge in [-0.3, -0.25) is 14.0 Å². The van der Waals surface area contributed by atoms with Crippen molar-refractivity contribution in [3.8, 4) is 17.5 Å². The number of nitrogens with two attached hydrogens (primary N) is 1. The number of imidazole rings is 1. The van der Waals surface area contributed by atoms with Gasteiger partial charge >= 0.3 is 5.69 Å². The highest BCUT2D eigenvalue weighted by Crippen LogP contribution is 2.19. The van der Waals surface area contributed by atoms with Crippen molar-refractivity contribution in [1.29, 1.82) is 0 Å². The number of aryl methyl sites for hydroxylation is 1. The van der Waals surface area contributed by atoms with Gasteiger partial charge in [0.05, 0.1) is 35.4 Å². The number of fused-ring (bicyclic) bond motifs is 1. The van der Waals surface area contributed by atoms with Gasteiger partial charge in [0.2, 0.25) is 0 Å². The summed E-state index contributed by atoms with van der Waals surface area (Å²) in [5, 5.41) is 6.96. The molecule has 11 nitrogen and oxygen atoms in total. The zero-order valence-corrected chi connectivity index (χ0v) is 19.5. The summed E-state index contributed by atoms with van der Waals surface area (Å²) in [6, 6.07) is 10.3. The Bertz CT molecular complexity index is 1700. The first-order valence-electron chi connectivity index (χ1n) is 11.0. The number of aromatic nitrogens is 7. The highest BCUT2D eigenvalue weighted by molar-refractivity contribution is 5.96. The molecular weight excluding hydrogens is 458 g/mol. The predicted octanol–water partition coefficient (Wildman–Crippen LogP) is 1.48. The van der Waals surface area contributed by atoms with Crippen molar-refractivity contribution in [3.63, 3.8) is 0 Å². The van der Waals surface area contributed by atoms with E-state index in [4.69, 9.17) is 5.73 Å². The fourth-order valence-corrected chi connectivity index (χ4v) is 3.80. The third kappa shape index (κ3) is 4.19. The van der Waals surface area contributed by atoms with Crippen LogP contribution in [0, 0.1) is 11.8 Å². The lowest BCUT2D eigenvalue weighted by Gasteiger charge is -2.20. The van der Waals surface area contributed by atoms with Gasteiger partial charge in [-0.25, -0.2) is 24.1 Å². The molecule has 4 heterocycles. The van der Waals surface area contributed by atoms with E-state index in [2.05, 4.69) is 37.2 Å². The predicted molar refractivity (Wildman–Crippen MR) is 132 cm³/mol.